The summed E-state index contributed by atoms with van der Waals surface area (Å²) in [6, 6.07) is 5.74. The van der Waals surface area contributed by atoms with Gasteiger partial charge in [0.2, 0.25) is 10.0 Å². The fourth-order valence-electron chi connectivity index (χ4n) is 5.11. The summed E-state index contributed by atoms with van der Waals surface area (Å²) in [6.45, 7) is 4.64. The summed E-state index contributed by atoms with van der Waals surface area (Å²) in [5.74, 6) is 1.85. The van der Waals surface area contributed by atoms with Crippen LogP contribution < -0.4 is 4.74 Å². The molecule has 1 aromatic carbocycles. The van der Waals surface area contributed by atoms with Crippen molar-refractivity contribution in [3.8, 4) is 11.4 Å². The second-order valence-electron chi connectivity index (χ2n) is 8.55. The van der Waals surface area contributed by atoms with E-state index in [-0.39, 0.29) is 6.04 Å². The zero-order valence-corrected chi connectivity index (χ0v) is 18.8. The molecule has 0 bridgehead atoms. The van der Waals surface area contributed by atoms with E-state index in [2.05, 4.69) is 11.9 Å². The van der Waals surface area contributed by atoms with E-state index >= 15 is 0 Å². The lowest BCUT2D eigenvalue weighted by Crippen LogP contribution is -2.50. The van der Waals surface area contributed by atoms with Gasteiger partial charge in [0, 0.05) is 24.2 Å². The van der Waals surface area contributed by atoms with Gasteiger partial charge in [0.05, 0.1) is 24.8 Å². The van der Waals surface area contributed by atoms with Gasteiger partial charge in [-0.15, -0.1) is 0 Å². The van der Waals surface area contributed by atoms with Crippen molar-refractivity contribution < 1.29 is 13.2 Å². The van der Waals surface area contributed by atoms with Gasteiger partial charge in [-0.25, -0.2) is 13.4 Å². The van der Waals surface area contributed by atoms with Crippen LogP contribution in [0.15, 0.2) is 36.1 Å². The molecule has 4 rings (SSSR count). The second kappa shape index (κ2) is 8.55. The van der Waals surface area contributed by atoms with Crippen molar-refractivity contribution in [1.29, 1.82) is 0 Å². The summed E-state index contributed by atoms with van der Waals surface area (Å²) in [5, 5.41) is 1.35. The summed E-state index contributed by atoms with van der Waals surface area (Å²) in [4.78, 5) is 4.26. The number of aromatic nitrogens is 2. The molecule has 1 saturated heterocycles. The Hall–Kier alpha value is -2.12. The second-order valence-corrected chi connectivity index (χ2v) is 10.3. The van der Waals surface area contributed by atoms with E-state index in [1.54, 1.807) is 23.8 Å². The summed E-state index contributed by atoms with van der Waals surface area (Å²) in [6.07, 6.45) is 11.2. The Labute approximate surface area is 179 Å². The normalized spacial score (nSPS) is 25.4. The van der Waals surface area contributed by atoms with E-state index in [1.807, 2.05) is 35.9 Å². The first kappa shape index (κ1) is 21.1. The highest BCUT2D eigenvalue weighted by Gasteiger charge is 2.40. The summed E-state index contributed by atoms with van der Waals surface area (Å²) in [7, 11) is -1.85. The molecule has 30 heavy (non-hydrogen) atoms. The Morgan fingerprint density at radius 3 is 2.73 bits per heavy atom. The lowest BCUT2D eigenvalue weighted by Gasteiger charge is -2.45. The molecule has 0 N–H and O–H groups in total. The maximum atomic E-state index is 13.1. The van der Waals surface area contributed by atoms with Crippen LogP contribution in [0.3, 0.4) is 0 Å². The van der Waals surface area contributed by atoms with Crippen LogP contribution in [0.4, 0.5) is 0 Å². The van der Waals surface area contributed by atoms with E-state index in [9.17, 15) is 8.42 Å². The molecule has 3 atom stereocenters. The third-order valence-electron chi connectivity index (χ3n) is 6.71. The SMILES string of the molecule is COc1cc(/C=C/S(=O)(=O)N2CCC3CCCCC3C2C)ccc1-n1cnc(C)c1. The van der Waals surface area contributed by atoms with Gasteiger partial charge in [-0.2, -0.15) is 4.31 Å². The predicted octanol–water partition coefficient (Wildman–Crippen LogP) is 4.39. The Balaban J connectivity index is 1.54. The molecule has 0 spiro atoms. The summed E-state index contributed by atoms with van der Waals surface area (Å²) < 4.78 is 35.3. The molecule has 2 aliphatic rings. The molecule has 0 amide bonds. The van der Waals surface area contributed by atoms with Gasteiger partial charge in [-0.1, -0.05) is 25.3 Å². The third-order valence-corrected chi connectivity index (χ3v) is 8.36. The number of hydrogen-bond donors (Lipinski definition) is 0. The van der Waals surface area contributed by atoms with Crippen molar-refractivity contribution in [2.75, 3.05) is 13.7 Å². The van der Waals surface area contributed by atoms with Crippen LogP contribution in [-0.4, -0.2) is 42.0 Å². The first-order valence-electron chi connectivity index (χ1n) is 10.8. The van der Waals surface area contributed by atoms with E-state index < -0.39 is 10.0 Å². The molecule has 0 radical (unpaired) electrons. The smallest absolute Gasteiger partial charge is 0.236 e. The molecule has 3 unspecified atom stereocenters. The first-order valence-corrected chi connectivity index (χ1v) is 12.3. The van der Waals surface area contributed by atoms with Crippen LogP contribution in [0.25, 0.3) is 11.8 Å². The third kappa shape index (κ3) is 4.18. The lowest BCUT2D eigenvalue weighted by atomic mass is 9.72. The standard InChI is InChI=1S/C23H31N3O3S/c1-17-15-25(16-24-17)22-9-8-19(14-23(22)29-3)11-13-30(27,28)26-12-10-20-6-4-5-7-21(20)18(26)2/h8-9,11,13-16,18,20-21H,4-7,10,12H2,1-3H3/b13-11+. The fourth-order valence-corrected chi connectivity index (χ4v) is 6.57. The number of benzene rings is 1. The molecule has 2 aromatic rings. The Bertz CT molecular complexity index is 1030. The van der Waals surface area contributed by atoms with Crippen molar-refractivity contribution in [2.45, 2.75) is 52.0 Å². The molecular weight excluding hydrogens is 398 g/mol. The largest absolute Gasteiger partial charge is 0.495 e. The Kier molecular flexibility index (Phi) is 6.02. The van der Waals surface area contributed by atoms with Crippen molar-refractivity contribution in [1.82, 2.24) is 13.9 Å². The number of nitrogens with zero attached hydrogens (tertiary/aromatic N) is 3. The molecule has 1 aliphatic carbocycles. The molecule has 1 saturated carbocycles. The number of fused-ring (bicyclic) bond motifs is 1. The highest BCUT2D eigenvalue weighted by Crippen LogP contribution is 2.40. The zero-order valence-electron chi connectivity index (χ0n) is 18.0. The van der Waals surface area contributed by atoms with Crippen molar-refractivity contribution in [3.63, 3.8) is 0 Å². The fraction of sp³-hybridized carbons (Fsp3) is 0.522. The quantitative estimate of drug-likeness (QED) is 0.707. The number of methoxy groups -OCH3 is 1. The number of piperidine rings is 1. The Morgan fingerprint density at radius 2 is 2.00 bits per heavy atom. The average molecular weight is 430 g/mol. The predicted molar refractivity (Wildman–Crippen MR) is 119 cm³/mol. The molecule has 1 aliphatic heterocycles. The number of sulfonamides is 1. The van der Waals surface area contributed by atoms with Gasteiger partial charge in [0.1, 0.15) is 5.75 Å². The van der Waals surface area contributed by atoms with Crippen LogP contribution in [0.5, 0.6) is 5.75 Å². The van der Waals surface area contributed by atoms with Gasteiger partial charge >= 0.3 is 0 Å². The number of hydrogen-bond acceptors (Lipinski definition) is 4. The zero-order chi connectivity index (χ0) is 21.3. The molecule has 1 aromatic heterocycles. The minimum atomic E-state index is -3.46. The van der Waals surface area contributed by atoms with E-state index in [4.69, 9.17) is 4.74 Å². The van der Waals surface area contributed by atoms with E-state index in [0.29, 0.717) is 24.1 Å². The molecule has 6 nitrogen and oxygen atoms in total. The van der Waals surface area contributed by atoms with E-state index in [1.165, 1.54) is 24.7 Å². The van der Waals surface area contributed by atoms with Gasteiger partial charge < -0.3 is 9.30 Å². The van der Waals surface area contributed by atoms with Crippen molar-refractivity contribution >= 4 is 16.1 Å². The van der Waals surface area contributed by atoms with Crippen LogP contribution in [0.1, 0.15) is 50.3 Å². The van der Waals surface area contributed by atoms with Crippen LogP contribution in [0, 0.1) is 18.8 Å². The number of imidazole rings is 1. The van der Waals surface area contributed by atoms with Gasteiger partial charge in [0.25, 0.3) is 0 Å². The molecular formula is C23H31N3O3S. The summed E-state index contributed by atoms with van der Waals surface area (Å²) >= 11 is 0. The van der Waals surface area contributed by atoms with Crippen LogP contribution in [0.2, 0.25) is 0 Å². The van der Waals surface area contributed by atoms with Gasteiger partial charge in [0.15, 0.2) is 0 Å². The summed E-state index contributed by atoms with van der Waals surface area (Å²) in [5.41, 5.74) is 2.57. The van der Waals surface area contributed by atoms with Crippen LogP contribution >= 0.6 is 0 Å². The van der Waals surface area contributed by atoms with Crippen molar-refractivity contribution in [3.05, 3.63) is 47.4 Å². The first-order chi connectivity index (χ1) is 14.4. The monoisotopic (exact) mass is 429 g/mol. The molecule has 2 heterocycles. The number of aryl methyl sites for hydroxylation is 1. The van der Waals surface area contributed by atoms with Gasteiger partial charge in [-0.05, 0) is 62.3 Å². The van der Waals surface area contributed by atoms with Gasteiger partial charge in [-0.3, -0.25) is 0 Å². The molecule has 162 valence electrons. The number of ether oxygens (including phenoxy) is 1. The number of rotatable bonds is 5. The maximum Gasteiger partial charge on any atom is 0.236 e. The van der Waals surface area contributed by atoms with Crippen molar-refractivity contribution in [2.24, 2.45) is 11.8 Å². The average Bonchev–Trinajstić information content (AvgIpc) is 3.18. The highest BCUT2D eigenvalue weighted by atomic mass is 32.2. The minimum Gasteiger partial charge on any atom is -0.495 e. The van der Waals surface area contributed by atoms with Crippen LogP contribution in [-0.2, 0) is 10.0 Å². The topological polar surface area (TPSA) is 64.4 Å². The van der Waals surface area contributed by atoms with E-state index in [0.717, 1.165) is 29.8 Å². The molecule has 7 heteroatoms. The Morgan fingerprint density at radius 1 is 1.20 bits per heavy atom. The minimum absolute atomic E-state index is 0.0695. The maximum absolute atomic E-state index is 13.1. The lowest BCUT2D eigenvalue weighted by molar-refractivity contribution is 0.0860. The highest BCUT2D eigenvalue weighted by molar-refractivity contribution is 7.92. The molecule has 2 fully saturated rings.